The number of imidazole rings is 1. The highest BCUT2D eigenvalue weighted by molar-refractivity contribution is 5.75. The molecule has 0 aliphatic heterocycles. The standard InChI is InChI=1S/C18H23N7O3/c1-12-22-17(28-23-12)15-11-21-14(3)25(18(15)27)9-5-16(26)20-6-4-8-24-10-7-19-13(24)2/h7,10-11H,4-6,8-9H2,1-3H3,(H,20,26). The molecule has 0 saturated carbocycles. The molecule has 0 bridgehead atoms. The normalized spacial score (nSPS) is 11.0. The Morgan fingerprint density at radius 2 is 2.00 bits per heavy atom. The van der Waals surface area contributed by atoms with E-state index in [2.05, 4.69) is 25.4 Å². The van der Waals surface area contributed by atoms with Crippen LogP contribution >= 0.6 is 0 Å². The quantitative estimate of drug-likeness (QED) is 0.574. The molecule has 0 spiro atoms. The Kier molecular flexibility index (Phi) is 5.97. The van der Waals surface area contributed by atoms with Crippen LogP contribution in [0.5, 0.6) is 0 Å². The van der Waals surface area contributed by atoms with Crippen LogP contribution in [0.15, 0.2) is 27.9 Å². The van der Waals surface area contributed by atoms with Gasteiger partial charge in [0.25, 0.3) is 11.4 Å². The van der Waals surface area contributed by atoms with Gasteiger partial charge in [-0.1, -0.05) is 5.16 Å². The summed E-state index contributed by atoms with van der Waals surface area (Å²) in [7, 11) is 0. The summed E-state index contributed by atoms with van der Waals surface area (Å²) in [5.41, 5.74) is -0.0816. The third kappa shape index (κ3) is 4.51. The molecule has 10 heteroatoms. The molecule has 0 fully saturated rings. The zero-order valence-corrected chi connectivity index (χ0v) is 16.2. The predicted molar refractivity (Wildman–Crippen MR) is 100 cm³/mol. The van der Waals surface area contributed by atoms with Gasteiger partial charge in [0.15, 0.2) is 5.82 Å². The monoisotopic (exact) mass is 385 g/mol. The Balaban J connectivity index is 1.54. The third-order valence-electron chi connectivity index (χ3n) is 4.39. The Bertz CT molecular complexity index is 1020. The third-order valence-corrected chi connectivity index (χ3v) is 4.39. The fourth-order valence-electron chi connectivity index (χ4n) is 2.81. The van der Waals surface area contributed by atoms with Crippen molar-refractivity contribution in [1.29, 1.82) is 0 Å². The van der Waals surface area contributed by atoms with Gasteiger partial charge in [0.1, 0.15) is 17.2 Å². The Morgan fingerprint density at radius 3 is 2.68 bits per heavy atom. The van der Waals surface area contributed by atoms with Crippen LogP contribution in [0.25, 0.3) is 11.5 Å². The number of nitrogens with one attached hydrogen (secondary N) is 1. The molecule has 1 N–H and O–H groups in total. The molecule has 0 unspecified atom stereocenters. The van der Waals surface area contributed by atoms with Crippen molar-refractivity contribution in [2.75, 3.05) is 6.54 Å². The van der Waals surface area contributed by atoms with E-state index in [-0.39, 0.29) is 35.9 Å². The summed E-state index contributed by atoms with van der Waals surface area (Å²) in [4.78, 5) is 37.3. The number of hydrogen-bond acceptors (Lipinski definition) is 7. The molecule has 10 nitrogen and oxygen atoms in total. The molecule has 0 saturated heterocycles. The molecule has 3 aromatic rings. The summed E-state index contributed by atoms with van der Waals surface area (Å²) in [5, 5.41) is 6.57. The van der Waals surface area contributed by atoms with Crippen molar-refractivity contribution in [1.82, 2.24) is 34.6 Å². The van der Waals surface area contributed by atoms with Crippen LogP contribution < -0.4 is 10.9 Å². The first kappa shape index (κ1) is 19.5. The highest BCUT2D eigenvalue weighted by atomic mass is 16.5. The van der Waals surface area contributed by atoms with E-state index in [0.717, 1.165) is 18.8 Å². The molecule has 1 amide bonds. The molecule has 28 heavy (non-hydrogen) atoms. The van der Waals surface area contributed by atoms with Crippen LogP contribution in [-0.2, 0) is 17.9 Å². The number of nitrogens with zero attached hydrogens (tertiary/aromatic N) is 6. The van der Waals surface area contributed by atoms with Crippen molar-refractivity contribution >= 4 is 5.91 Å². The molecular formula is C18H23N7O3. The van der Waals surface area contributed by atoms with Crippen LogP contribution in [0, 0.1) is 20.8 Å². The number of hydrogen-bond donors (Lipinski definition) is 1. The maximum Gasteiger partial charge on any atom is 0.266 e. The maximum atomic E-state index is 12.7. The van der Waals surface area contributed by atoms with Crippen molar-refractivity contribution in [3.63, 3.8) is 0 Å². The molecule has 3 rings (SSSR count). The SMILES string of the molecule is Cc1noc(-c2cnc(C)n(CCC(=O)NCCCn3ccnc3C)c2=O)n1. The summed E-state index contributed by atoms with van der Waals surface area (Å²) < 4.78 is 8.54. The van der Waals surface area contributed by atoms with E-state index >= 15 is 0 Å². The molecule has 0 atom stereocenters. The van der Waals surface area contributed by atoms with E-state index in [9.17, 15) is 9.59 Å². The van der Waals surface area contributed by atoms with Crippen LogP contribution in [0.4, 0.5) is 0 Å². The first-order chi connectivity index (χ1) is 13.5. The lowest BCUT2D eigenvalue weighted by molar-refractivity contribution is -0.121. The van der Waals surface area contributed by atoms with E-state index in [4.69, 9.17) is 4.52 Å². The smallest absolute Gasteiger partial charge is 0.266 e. The van der Waals surface area contributed by atoms with Crippen molar-refractivity contribution in [2.45, 2.75) is 46.7 Å². The predicted octanol–water partition coefficient (Wildman–Crippen LogP) is 1.01. The Morgan fingerprint density at radius 1 is 1.18 bits per heavy atom. The zero-order chi connectivity index (χ0) is 20.1. The molecule has 0 radical (unpaired) electrons. The van der Waals surface area contributed by atoms with E-state index < -0.39 is 0 Å². The lowest BCUT2D eigenvalue weighted by atomic mass is 10.3. The van der Waals surface area contributed by atoms with Gasteiger partial charge in [-0.05, 0) is 27.2 Å². The second-order valence-electron chi connectivity index (χ2n) is 6.44. The Hall–Kier alpha value is -3.30. The van der Waals surface area contributed by atoms with E-state index in [1.807, 2.05) is 17.7 Å². The van der Waals surface area contributed by atoms with Gasteiger partial charge in [-0.3, -0.25) is 14.2 Å². The average Bonchev–Trinajstić information content (AvgIpc) is 3.27. The molecule has 148 valence electrons. The number of aromatic nitrogens is 6. The van der Waals surface area contributed by atoms with Gasteiger partial charge in [0.05, 0.1) is 0 Å². The van der Waals surface area contributed by atoms with Crippen LogP contribution in [-0.4, -0.2) is 41.7 Å². The number of rotatable bonds is 8. The molecule has 0 aliphatic carbocycles. The molecule has 0 aliphatic rings. The van der Waals surface area contributed by atoms with Crippen LogP contribution in [0.2, 0.25) is 0 Å². The molecular weight excluding hydrogens is 362 g/mol. The Labute approximate surface area is 161 Å². The number of amides is 1. The van der Waals surface area contributed by atoms with Crippen LogP contribution in [0.3, 0.4) is 0 Å². The second kappa shape index (κ2) is 8.59. The largest absolute Gasteiger partial charge is 0.356 e. The van der Waals surface area contributed by atoms with Gasteiger partial charge in [-0.25, -0.2) is 9.97 Å². The average molecular weight is 385 g/mol. The molecule has 3 aromatic heterocycles. The summed E-state index contributed by atoms with van der Waals surface area (Å²) in [5.74, 6) is 1.92. The lowest BCUT2D eigenvalue weighted by Crippen LogP contribution is -2.30. The zero-order valence-electron chi connectivity index (χ0n) is 16.2. The van der Waals surface area contributed by atoms with Crippen molar-refractivity contribution in [3.05, 3.63) is 46.4 Å². The first-order valence-electron chi connectivity index (χ1n) is 9.07. The van der Waals surface area contributed by atoms with Gasteiger partial charge >= 0.3 is 0 Å². The van der Waals surface area contributed by atoms with Gasteiger partial charge in [-0.15, -0.1) is 0 Å². The van der Waals surface area contributed by atoms with Crippen LogP contribution in [0.1, 0.15) is 30.3 Å². The highest BCUT2D eigenvalue weighted by Crippen LogP contribution is 2.11. The van der Waals surface area contributed by atoms with Gasteiger partial charge < -0.3 is 14.4 Å². The number of aryl methyl sites for hydroxylation is 4. The topological polar surface area (TPSA) is 121 Å². The second-order valence-corrected chi connectivity index (χ2v) is 6.44. The number of carbonyl (C=O) groups excluding carboxylic acids is 1. The highest BCUT2D eigenvalue weighted by Gasteiger charge is 2.15. The van der Waals surface area contributed by atoms with Crippen molar-refractivity contribution in [3.8, 4) is 11.5 Å². The summed E-state index contributed by atoms with van der Waals surface area (Å²) >= 11 is 0. The van der Waals surface area contributed by atoms with Gasteiger partial charge in [0.2, 0.25) is 5.91 Å². The fourth-order valence-corrected chi connectivity index (χ4v) is 2.81. The summed E-state index contributed by atoms with van der Waals surface area (Å²) in [6.45, 7) is 6.91. The van der Waals surface area contributed by atoms with E-state index in [1.54, 1.807) is 20.0 Å². The van der Waals surface area contributed by atoms with Crippen molar-refractivity contribution < 1.29 is 9.32 Å². The van der Waals surface area contributed by atoms with Gasteiger partial charge in [-0.2, -0.15) is 4.98 Å². The minimum absolute atomic E-state index is 0.118. The number of carbonyl (C=O) groups is 1. The first-order valence-corrected chi connectivity index (χ1v) is 9.07. The van der Waals surface area contributed by atoms with Crippen molar-refractivity contribution in [2.24, 2.45) is 0 Å². The summed E-state index contributed by atoms with van der Waals surface area (Å²) in [6.07, 6.45) is 6.07. The van der Waals surface area contributed by atoms with E-state index in [0.29, 0.717) is 18.2 Å². The molecule has 3 heterocycles. The lowest BCUT2D eigenvalue weighted by Gasteiger charge is -2.10. The fraction of sp³-hybridized carbons (Fsp3) is 0.444. The molecule has 0 aromatic carbocycles. The summed E-state index contributed by atoms with van der Waals surface area (Å²) in [6, 6.07) is 0. The van der Waals surface area contributed by atoms with Gasteiger partial charge in [0, 0.05) is 44.6 Å². The maximum absolute atomic E-state index is 12.7. The van der Waals surface area contributed by atoms with E-state index in [1.165, 1.54) is 10.8 Å². The minimum atomic E-state index is -0.306. The minimum Gasteiger partial charge on any atom is -0.356 e.